The Morgan fingerprint density at radius 3 is 2.95 bits per heavy atom. The highest BCUT2D eigenvalue weighted by Gasteiger charge is 2.16. The van der Waals surface area contributed by atoms with Crippen molar-refractivity contribution in [2.24, 2.45) is 0 Å². The van der Waals surface area contributed by atoms with E-state index in [9.17, 15) is 4.79 Å². The van der Waals surface area contributed by atoms with Gasteiger partial charge in [-0.2, -0.15) is 0 Å². The Hall–Kier alpha value is -2.31. The van der Waals surface area contributed by atoms with Crippen LogP contribution in [0.3, 0.4) is 0 Å². The van der Waals surface area contributed by atoms with E-state index in [1.807, 2.05) is 25.7 Å². The molecule has 0 aliphatic rings. The quantitative estimate of drug-likeness (QED) is 0.837. The molecule has 2 aromatic rings. The van der Waals surface area contributed by atoms with Crippen molar-refractivity contribution < 1.29 is 4.79 Å². The molecule has 20 heavy (non-hydrogen) atoms. The summed E-state index contributed by atoms with van der Waals surface area (Å²) in [5.74, 6) is 0.973. The standard InChI is InChI=1S/C13H20N6O/c1-4-18(8-11(20)16-9(2)3)13-12-15-5-6-19(12)7-10(14)17-13/h5-7,9H,4,8,14H2,1-3H3,(H,16,20). The van der Waals surface area contributed by atoms with Crippen LogP contribution in [-0.4, -0.2) is 39.4 Å². The highest BCUT2D eigenvalue weighted by atomic mass is 16.2. The molecule has 0 aromatic carbocycles. The summed E-state index contributed by atoms with van der Waals surface area (Å²) in [5.41, 5.74) is 6.49. The number of amides is 1. The molecule has 0 unspecified atom stereocenters. The molecule has 2 aromatic heterocycles. The third kappa shape index (κ3) is 2.98. The van der Waals surface area contributed by atoms with Gasteiger partial charge in [0.15, 0.2) is 11.5 Å². The Morgan fingerprint density at radius 1 is 1.55 bits per heavy atom. The Labute approximate surface area is 117 Å². The van der Waals surface area contributed by atoms with Crippen LogP contribution in [0.2, 0.25) is 0 Å². The number of anilines is 2. The first-order chi connectivity index (χ1) is 9.51. The van der Waals surface area contributed by atoms with Gasteiger partial charge >= 0.3 is 0 Å². The summed E-state index contributed by atoms with van der Waals surface area (Å²) in [6.07, 6.45) is 5.19. The smallest absolute Gasteiger partial charge is 0.239 e. The van der Waals surface area contributed by atoms with Gasteiger partial charge in [0.1, 0.15) is 5.82 Å². The third-order valence-corrected chi connectivity index (χ3v) is 2.84. The minimum absolute atomic E-state index is 0.0456. The summed E-state index contributed by atoms with van der Waals surface area (Å²) in [7, 11) is 0. The number of likely N-dealkylation sites (N-methyl/N-ethyl adjacent to an activating group) is 1. The summed E-state index contributed by atoms with van der Waals surface area (Å²) in [5, 5.41) is 2.87. The summed E-state index contributed by atoms with van der Waals surface area (Å²) in [6, 6.07) is 0.112. The summed E-state index contributed by atoms with van der Waals surface area (Å²) in [6.45, 7) is 6.70. The van der Waals surface area contributed by atoms with Crippen LogP contribution < -0.4 is 16.0 Å². The summed E-state index contributed by atoms with van der Waals surface area (Å²) >= 11 is 0. The van der Waals surface area contributed by atoms with Gasteiger partial charge in [-0.05, 0) is 20.8 Å². The first-order valence-electron chi connectivity index (χ1n) is 6.64. The highest BCUT2D eigenvalue weighted by molar-refractivity contribution is 5.82. The van der Waals surface area contributed by atoms with Crippen LogP contribution in [0.4, 0.5) is 11.6 Å². The van der Waals surface area contributed by atoms with Gasteiger partial charge < -0.3 is 20.4 Å². The second-order valence-corrected chi connectivity index (χ2v) is 4.88. The second-order valence-electron chi connectivity index (χ2n) is 4.88. The fourth-order valence-electron chi connectivity index (χ4n) is 2.02. The Kier molecular flexibility index (Phi) is 4.07. The lowest BCUT2D eigenvalue weighted by Gasteiger charge is -2.22. The van der Waals surface area contributed by atoms with Crippen molar-refractivity contribution in [3.05, 3.63) is 18.6 Å². The first-order valence-corrected chi connectivity index (χ1v) is 6.64. The zero-order valence-electron chi connectivity index (χ0n) is 12.0. The SMILES string of the molecule is CCN(CC(=O)NC(C)C)c1nc(N)cn2ccnc12. The number of rotatable bonds is 5. The van der Waals surface area contributed by atoms with E-state index in [4.69, 9.17) is 5.73 Å². The van der Waals surface area contributed by atoms with E-state index >= 15 is 0 Å². The molecule has 2 heterocycles. The van der Waals surface area contributed by atoms with Crippen LogP contribution in [0.5, 0.6) is 0 Å². The lowest BCUT2D eigenvalue weighted by molar-refractivity contribution is -0.120. The number of nitrogen functional groups attached to an aromatic ring is 1. The molecule has 1 amide bonds. The number of hydrogen-bond acceptors (Lipinski definition) is 5. The zero-order chi connectivity index (χ0) is 14.7. The van der Waals surface area contributed by atoms with Crippen molar-refractivity contribution in [3.63, 3.8) is 0 Å². The fourth-order valence-corrected chi connectivity index (χ4v) is 2.02. The highest BCUT2D eigenvalue weighted by Crippen LogP contribution is 2.19. The second kappa shape index (κ2) is 5.77. The largest absolute Gasteiger partial charge is 0.382 e. The van der Waals surface area contributed by atoms with Gasteiger partial charge in [0.05, 0.1) is 12.7 Å². The van der Waals surface area contributed by atoms with Crippen molar-refractivity contribution in [2.45, 2.75) is 26.8 Å². The topological polar surface area (TPSA) is 88.5 Å². The van der Waals surface area contributed by atoms with Gasteiger partial charge in [0, 0.05) is 25.0 Å². The molecule has 0 radical (unpaired) electrons. The van der Waals surface area contributed by atoms with E-state index in [-0.39, 0.29) is 18.5 Å². The van der Waals surface area contributed by atoms with Gasteiger partial charge in [0.2, 0.25) is 5.91 Å². The first kappa shape index (κ1) is 14.1. The fraction of sp³-hybridized carbons (Fsp3) is 0.462. The monoisotopic (exact) mass is 276 g/mol. The molecule has 0 spiro atoms. The van der Waals surface area contributed by atoms with Crippen molar-refractivity contribution in [2.75, 3.05) is 23.7 Å². The number of hydrogen-bond donors (Lipinski definition) is 2. The van der Waals surface area contributed by atoms with Gasteiger partial charge in [-0.1, -0.05) is 0 Å². The van der Waals surface area contributed by atoms with Crippen molar-refractivity contribution in [1.82, 2.24) is 19.7 Å². The minimum Gasteiger partial charge on any atom is -0.382 e. The average Bonchev–Trinajstić information content (AvgIpc) is 2.82. The van der Waals surface area contributed by atoms with Crippen molar-refractivity contribution in [1.29, 1.82) is 0 Å². The maximum atomic E-state index is 11.9. The molecule has 7 nitrogen and oxygen atoms in total. The third-order valence-electron chi connectivity index (χ3n) is 2.84. The van der Waals surface area contributed by atoms with Crippen LogP contribution in [0.1, 0.15) is 20.8 Å². The molecule has 0 atom stereocenters. The normalized spacial score (nSPS) is 11.0. The maximum Gasteiger partial charge on any atom is 0.239 e. The predicted molar refractivity (Wildman–Crippen MR) is 78.6 cm³/mol. The van der Waals surface area contributed by atoms with Crippen LogP contribution in [0, 0.1) is 0 Å². The van der Waals surface area contributed by atoms with Crippen LogP contribution in [0.25, 0.3) is 5.65 Å². The molecule has 0 saturated carbocycles. The summed E-state index contributed by atoms with van der Waals surface area (Å²) in [4.78, 5) is 22.4. The number of fused-ring (bicyclic) bond motifs is 1. The van der Waals surface area contributed by atoms with Gasteiger partial charge in [-0.25, -0.2) is 9.97 Å². The molecule has 2 rings (SSSR count). The Bertz CT molecular complexity index is 606. The molecule has 108 valence electrons. The molecule has 0 fully saturated rings. The van der Waals surface area contributed by atoms with Crippen molar-refractivity contribution >= 4 is 23.2 Å². The van der Waals surface area contributed by atoms with Crippen molar-refractivity contribution in [3.8, 4) is 0 Å². The molecule has 7 heteroatoms. The van der Waals surface area contributed by atoms with Gasteiger partial charge in [-0.3, -0.25) is 4.79 Å². The number of imidazole rings is 1. The maximum absolute atomic E-state index is 11.9. The summed E-state index contributed by atoms with van der Waals surface area (Å²) < 4.78 is 1.81. The van der Waals surface area contributed by atoms with E-state index in [0.717, 1.165) is 0 Å². The van der Waals surface area contributed by atoms with Gasteiger partial charge in [0.25, 0.3) is 0 Å². The number of nitrogens with one attached hydrogen (secondary N) is 1. The lowest BCUT2D eigenvalue weighted by Crippen LogP contribution is -2.40. The Morgan fingerprint density at radius 2 is 2.30 bits per heavy atom. The number of carbonyl (C=O) groups excluding carboxylic acids is 1. The predicted octanol–water partition coefficient (Wildman–Crippen LogP) is 0.662. The van der Waals surface area contributed by atoms with E-state index in [1.165, 1.54) is 0 Å². The molecule has 3 N–H and O–H groups in total. The Balaban J connectivity index is 2.29. The number of nitrogens with zero attached hydrogens (tertiary/aromatic N) is 4. The molecule has 0 aliphatic carbocycles. The molecular weight excluding hydrogens is 256 g/mol. The lowest BCUT2D eigenvalue weighted by atomic mass is 10.3. The van der Waals surface area contributed by atoms with E-state index in [1.54, 1.807) is 23.0 Å². The average molecular weight is 276 g/mol. The molecule has 0 aliphatic heterocycles. The van der Waals surface area contributed by atoms with E-state index in [2.05, 4.69) is 15.3 Å². The molecule has 0 saturated heterocycles. The molecule has 0 bridgehead atoms. The van der Waals surface area contributed by atoms with E-state index in [0.29, 0.717) is 23.8 Å². The number of carbonyl (C=O) groups is 1. The molecular formula is C13H20N6O. The van der Waals surface area contributed by atoms with Crippen LogP contribution in [0.15, 0.2) is 18.6 Å². The van der Waals surface area contributed by atoms with E-state index < -0.39 is 0 Å². The minimum atomic E-state index is -0.0456. The zero-order valence-corrected chi connectivity index (χ0v) is 12.0. The number of nitrogens with two attached hydrogens (primary N) is 1. The van der Waals surface area contributed by atoms with Crippen LogP contribution in [-0.2, 0) is 4.79 Å². The number of aromatic nitrogens is 3. The van der Waals surface area contributed by atoms with Crippen LogP contribution >= 0.6 is 0 Å². The van der Waals surface area contributed by atoms with Gasteiger partial charge in [-0.15, -0.1) is 0 Å².